The fraction of sp³-hybridized carbons (Fsp3) is 0.0476. The average molecular weight is 329 g/mol. The first-order valence-electron chi connectivity index (χ1n) is 7.99. The molecular formula is C21H15NO3. The Morgan fingerprint density at radius 2 is 1.72 bits per heavy atom. The predicted molar refractivity (Wildman–Crippen MR) is 97.6 cm³/mol. The number of hydrogen-bond acceptors (Lipinski definition) is 3. The van der Waals surface area contributed by atoms with Crippen LogP contribution in [0.25, 0.3) is 22.1 Å². The number of furan rings is 1. The summed E-state index contributed by atoms with van der Waals surface area (Å²) >= 11 is 0. The normalized spacial score (nSPS) is 10.9. The second kappa shape index (κ2) is 6.24. The minimum atomic E-state index is -0.378. The summed E-state index contributed by atoms with van der Waals surface area (Å²) in [4.78, 5) is 10.7. The van der Waals surface area contributed by atoms with Gasteiger partial charge in [-0.25, -0.2) is 0 Å². The topological polar surface area (TPSA) is 56.3 Å². The lowest BCUT2D eigenvalue weighted by atomic mass is 9.97. The molecule has 122 valence electrons. The Hall–Kier alpha value is -3.40. The van der Waals surface area contributed by atoms with E-state index in [0.717, 1.165) is 34.1 Å². The quantitative estimate of drug-likeness (QED) is 0.362. The molecule has 25 heavy (non-hydrogen) atoms. The van der Waals surface area contributed by atoms with E-state index in [0.29, 0.717) is 0 Å². The molecule has 3 aromatic carbocycles. The van der Waals surface area contributed by atoms with E-state index in [1.165, 1.54) is 11.6 Å². The summed E-state index contributed by atoms with van der Waals surface area (Å²) in [6.45, 7) is 0. The number of nitro groups is 1. The van der Waals surface area contributed by atoms with Crippen molar-refractivity contribution in [2.45, 2.75) is 6.42 Å². The highest BCUT2D eigenvalue weighted by Crippen LogP contribution is 2.33. The van der Waals surface area contributed by atoms with Crippen molar-refractivity contribution < 1.29 is 9.34 Å². The van der Waals surface area contributed by atoms with Crippen LogP contribution in [0.5, 0.6) is 0 Å². The standard InChI is InChI=1S/C21H15NO3/c23-22(24)19-8-4-7-17(14-19)20-13-16(11-15-5-2-1-3-6-15)12-18-9-10-25-21(18)20/h1-10,12-14H,11H2. The van der Waals surface area contributed by atoms with Crippen LogP contribution in [0.4, 0.5) is 5.69 Å². The van der Waals surface area contributed by atoms with E-state index < -0.39 is 0 Å². The van der Waals surface area contributed by atoms with Gasteiger partial charge >= 0.3 is 0 Å². The van der Waals surface area contributed by atoms with E-state index in [9.17, 15) is 10.1 Å². The Bertz CT molecular complexity index is 1050. The van der Waals surface area contributed by atoms with Crippen LogP contribution in [0.1, 0.15) is 11.1 Å². The Labute approximate surface area is 144 Å². The maximum Gasteiger partial charge on any atom is 0.270 e. The van der Waals surface area contributed by atoms with Gasteiger partial charge in [0.25, 0.3) is 5.69 Å². The highest BCUT2D eigenvalue weighted by Gasteiger charge is 2.13. The number of non-ortho nitro benzene ring substituents is 1. The molecule has 4 rings (SSSR count). The van der Waals surface area contributed by atoms with Gasteiger partial charge in [-0.2, -0.15) is 0 Å². The zero-order valence-electron chi connectivity index (χ0n) is 13.4. The molecule has 0 saturated carbocycles. The summed E-state index contributed by atoms with van der Waals surface area (Å²) in [5.41, 5.74) is 4.83. The summed E-state index contributed by atoms with van der Waals surface area (Å²) in [6, 6.07) is 23.0. The summed E-state index contributed by atoms with van der Waals surface area (Å²) in [7, 11) is 0. The zero-order chi connectivity index (χ0) is 17.2. The van der Waals surface area contributed by atoms with Gasteiger partial charge in [0.15, 0.2) is 0 Å². The van der Waals surface area contributed by atoms with E-state index in [-0.39, 0.29) is 10.6 Å². The number of benzene rings is 3. The van der Waals surface area contributed by atoms with Crippen molar-refractivity contribution in [3.63, 3.8) is 0 Å². The lowest BCUT2D eigenvalue weighted by Gasteiger charge is -2.08. The first kappa shape index (κ1) is 15.1. The largest absolute Gasteiger partial charge is 0.464 e. The molecule has 0 saturated heterocycles. The SMILES string of the molecule is O=[N+]([O-])c1cccc(-c2cc(Cc3ccccc3)cc3ccoc23)c1. The summed E-state index contributed by atoms with van der Waals surface area (Å²) in [6.07, 6.45) is 2.45. The summed E-state index contributed by atoms with van der Waals surface area (Å²) in [5, 5.41) is 12.1. The van der Waals surface area contributed by atoms with Crippen molar-refractivity contribution in [3.05, 3.63) is 100 Å². The molecule has 0 atom stereocenters. The predicted octanol–water partition coefficient (Wildman–Crippen LogP) is 5.60. The molecule has 0 radical (unpaired) electrons. The van der Waals surface area contributed by atoms with Crippen LogP contribution in [-0.2, 0) is 6.42 Å². The highest BCUT2D eigenvalue weighted by atomic mass is 16.6. The first-order valence-corrected chi connectivity index (χ1v) is 7.99. The van der Waals surface area contributed by atoms with Crippen LogP contribution in [0.3, 0.4) is 0 Å². The van der Waals surface area contributed by atoms with Gasteiger partial charge in [0.05, 0.1) is 11.2 Å². The second-order valence-electron chi connectivity index (χ2n) is 5.95. The summed E-state index contributed by atoms with van der Waals surface area (Å²) in [5.74, 6) is 0. The van der Waals surface area contributed by atoms with Crippen LogP contribution in [0, 0.1) is 10.1 Å². The molecule has 1 aromatic heterocycles. The van der Waals surface area contributed by atoms with E-state index in [4.69, 9.17) is 4.42 Å². The van der Waals surface area contributed by atoms with Crippen molar-refractivity contribution >= 4 is 16.7 Å². The Morgan fingerprint density at radius 1 is 0.880 bits per heavy atom. The molecule has 0 unspecified atom stereocenters. The maximum absolute atomic E-state index is 11.1. The lowest BCUT2D eigenvalue weighted by molar-refractivity contribution is -0.384. The molecule has 0 bridgehead atoms. The minimum Gasteiger partial charge on any atom is -0.464 e. The van der Waals surface area contributed by atoms with Crippen LogP contribution >= 0.6 is 0 Å². The van der Waals surface area contributed by atoms with Crippen LogP contribution in [-0.4, -0.2) is 4.92 Å². The maximum atomic E-state index is 11.1. The van der Waals surface area contributed by atoms with Gasteiger partial charge in [-0.3, -0.25) is 10.1 Å². The van der Waals surface area contributed by atoms with Crippen LogP contribution in [0.2, 0.25) is 0 Å². The van der Waals surface area contributed by atoms with Gasteiger partial charge < -0.3 is 4.42 Å². The molecule has 0 fully saturated rings. The number of hydrogen-bond donors (Lipinski definition) is 0. The molecule has 0 N–H and O–H groups in total. The minimum absolute atomic E-state index is 0.0747. The molecule has 0 aliphatic carbocycles. The average Bonchev–Trinajstić information content (AvgIpc) is 3.10. The van der Waals surface area contributed by atoms with Gasteiger partial charge in [0, 0.05) is 23.1 Å². The third-order valence-electron chi connectivity index (χ3n) is 4.23. The van der Waals surface area contributed by atoms with E-state index in [1.54, 1.807) is 18.4 Å². The van der Waals surface area contributed by atoms with Gasteiger partial charge in [-0.1, -0.05) is 42.5 Å². The lowest BCUT2D eigenvalue weighted by Crippen LogP contribution is -1.91. The molecular weight excluding hydrogens is 314 g/mol. The second-order valence-corrected chi connectivity index (χ2v) is 5.95. The van der Waals surface area contributed by atoms with Crippen molar-refractivity contribution in [2.75, 3.05) is 0 Å². The van der Waals surface area contributed by atoms with Crippen molar-refractivity contribution in [1.29, 1.82) is 0 Å². The van der Waals surface area contributed by atoms with Gasteiger partial charge in [0.1, 0.15) is 5.58 Å². The van der Waals surface area contributed by atoms with Gasteiger partial charge in [0.2, 0.25) is 0 Å². The molecule has 0 spiro atoms. The highest BCUT2D eigenvalue weighted by molar-refractivity contribution is 5.93. The van der Waals surface area contributed by atoms with Crippen molar-refractivity contribution in [3.8, 4) is 11.1 Å². The van der Waals surface area contributed by atoms with Crippen LogP contribution < -0.4 is 0 Å². The number of nitrogens with zero attached hydrogens (tertiary/aromatic N) is 1. The number of rotatable bonds is 4. The Balaban J connectivity index is 1.84. The molecule has 4 aromatic rings. The molecule has 0 amide bonds. The third kappa shape index (κ3) is 3.02. The Kier molecular flexibility index (Phi) is 3.78. The fourth-order valence-electron chi connectivity index (χ4n) is 3.08. The number of fused-ring (bicyclic) bond motifs is 1. The van der Waals surface area contributed by atoms with Crippen molar-refractivity contribution in [1.82, 2.24) is 0 Å². The van der Waals surface area contributed by atoms with E-state index in [1.807, 2.05) is 30.3 Å². The molecule has 4 nitrogen and oxygen atoms in total. The summed E-state index contributed by atoms with van der Waals surface area (Å²) < 4.78 is 5.64. The molecule has 0 aliphatic heterocycles. The van der Waals surface area contributed by atoms with E-state index >= 15 is 0 Å². The van der Waals surface area contributed by atoms with Gasteiger partial charge in [-0.15, -0.1) is 0 Å². The van der Waals surface area contributed by atoms with Gasteiger partial charge in [-0.05, 0) is 41.3 Å². The van der Waals surface area contributed by atoms with Crippen LogP contribution in [0.15, 0.2) is 83.5 Å². The zero-order valence-corrected chi connectivity index (χ0v) is 13.4. The molecule has 4 heteroatoms. The Morgan fingerprint density at radius 3 is 2.52 bits per heavy atom. The smallest absolute Gasteiger partial charge is 0.270 e. The molecule has 1 heterocycles. The first-order chi connectivity index (χ1) is 12.2. The van der Waals surface area contributed by atoms with Crippen molar-refractivity contribution in [2.24, 2.45) is 0 Å². The van der Waals surface area contributed by atoms with E-state index in [2.05, 4.69) is 24.3 Å². The molecule has 0 aliphatic rings. The number of nitro benzene ring substituents is 1. The fourth-order valence-corrected chi connectivity index (χ4v) is 3.08. The monoisotopic (exact) mass is 329 g/mol. The third-order valence-corrected chi connectivity index (χ3v) is 4.23.